The van der Waals surface area contributed by atoms with Crippen molar-refractivity contribution in [1.82, 2.24) is 4.90 Å². The molecule has 3 heteroatoms. The van der Waals surface area contributed by atoms with Crippen molar-refractivity contribution in [3.63, 3.8) is 0 Å². The van der Waals surface area contributed by atoms with Gasteiger partial charge in [0, 0.05) is 25.0 Å². The van der Waals surface area contributed by atoms with Gasteiger partial charge < -0.3 is 10.6 Å². The Balaban J connectivity index is 1.97. The highest BCUT2D eigenvalue weighted by Gasteiger charge is 2.28. The van der Waals surface area contributed by atoms with Crippen LogP contribution in [0.25, 0.3) is 0 Å². The third kappa shape index (κ3) is 3.33. The molecule has 1 fully saturated rings. The van der Waals surface area contributed by atoms with Crippen molar-refractivity contribution >= 4 is 5.91 Å². The Kier molecular flexibility index (Phi) is 4.37. The minimum atomic E-state index is -0.0459. The summed E-state index contributed by atoms with van der Waals surface area (Å²) in [4.78, 5) is 14.1. The zero-order valence-electron chi connectivity index (χ0n) is 11.0. The molecule has 0 spiro atoms. The summed E-state index contributed by atoms with van der Waals surface area (Å²) < 4.78 is 0. The number of carbonyl (C=O) groups excluding carboxylic acids is 1. The Morgan fingerprint density at radius 3 is 2.83 bits per heavy atom. The van der Waals surface area contributed by atoms with Crippen molar-refractivity contribution < 1.29 is 4.79 Å². The molecule has 0 radical (unpaired) electrons. The number of nitrogens with two attached hydrogens (primary N) is 1. The molecule has 1 heterocycles. The molecule has 2 N–H and O–H groups in total. The first-order chi connectivity index (χ1) is 8.66. The Morgan fingerprint density at radius 2 is 2.17 bits per heavy atom. The first-order valence-corrected chi connectivity index (χ1v) is 6.76. The van der Waals surface area contributed by atoms with E-state index in [1.807, 2.05) is 17.9 Å². The number of nitrogens with zero attached hydrogens (tertiary/aromatic N) is 1. The van der Waals surface area contributed by atoms with Crippen molar-refractivity contribution in [3.8, 4) is 0 Å². The van der Waals surface area contributed by atoms with Crippen LogP contribution in [0.15, 0.2) is 30.3 Å². The molecule has 0 aliphatic carbocycles. The van der Waals surface area contributed by atoms with Crippen LogP contribution in [0.2, 0.25) is 0 Å². The summed E-state index contributed by atoms with van der Waals surface area (Å²) in [6, 6.07) is 10.7. The molecule has 18 heavy (non-hydrogen) atoms. The van der Waals surface area contributed by atoms with Gasteiger partial charge in [0.1, 0.15) is 0 Å². The highest BCUT2D eigenvalue weighted by atomic mass is 16.2. The smallest absolute Gasteiger partial charge is 0.224 e. The first kappa shape index (κ1) is 13.1. The van der Waals surface area contributed by atoms with Crippen LogP contribution in [-0.2, 0) is 11.2 Å². The van der Waals surface area contributed by atoms with E-state index in [0.29, 0.717) is 12.5 Å². The lowest BCUT2D eigenvalue weighted by molar-refractivity contribution is -0.132. The topological polar surface area (TPSA) is 46.3 Å². The maximum absolute atomic E-state index is 12.1. The Labute approximate surface area is 109 Å². The largest absolute Gasteiger partial charge is 0.339 e. The molecule has 0 bridgehead atoms. The first-order valence-electron chi connectivity index (χ1n) is 6.76. The van der Waals surface area contributed by atoms with Gasteiger partial charge in [0.2, 0.25) is 5.91 Å². The predicted molar refractivity (Wildman–Crippen MR) is 73.1 cm³/mol. The molecule has 2 rings (SSSR count). The number of amides is 1. The molecule has 0 aromatic heterocycles. The molecule has 3 nitrogen and oxygen atoms in total. The molecule has 1 aliphatic heterocycles. The average molecular weight is 246 g/mol. The Hall–Kier alpha value is -1.35. The minimum Gasteiger partial charge on any atom is -0.339 e. The van der Waals surface area contributed by atoms with E-state index >= 15 is 0 Å². The lowest BCUT2D eigenvalue weighted by Gasteiger charge is -2.25. The molecule has 1 amide bonds. The van der Waals surface area contributed by atoms with Crippen LogP contribution in [0.4, 0.5) is 0 Å². The van der Waals surface area contributed by atoms with E-state index in [2.05, 4.69) is 24.3 Å². The van der Waals surface area contributed by atoms with Gasteiger partial charge >= 0.3 is 0 Å². The van der Waals surface area contributed by atoms with Gasteiger partial charge in [0.15, 0.2) is 0 Å². The number of rotatable bonds is 4. The van der Waals surface area contributed by atoms with Gasteiger partial charge in [0.25, 0.3) is 0 Å². The summed E-state index contributed by atoms with van der Waals surface area (Å²) in [6.45, 7) is 2.78. The number of carbonyl (C=O) groups is 1. The fourth-order valence-corrected chi connectivity index (χ4v) is 2.66. The van der Waals surface area contributed by atoms with Crippen molar-refractivity contribution in [1.29, 1.82) is 0 Å². The van der Waals surface area contributed by atoms with Gasteiger partial charge in [-0.15, -0.1) is 0 Å². The van der Waals surface area contributed by atoms with Crippen LogP contribution >= 0.6 is 0 Å². The van der Waals surface area contributed by atoms with Gasteiger partial charge in [-0.05, 0) is 31.7 Å². The fourth-order valence-electron chi connectivity index (χ4n) is 2.66. The van der Waals surface area contributed by atoms with Crippen molar-refractivity contribution in [2.45, 2.75) is 44.7 Å². The van der Waals surface area contributed by atoms with Gasteiger partial charge in [-0.1, -0.05) is 30.3 Å². The van der Waals surface area contributed by atoms with Crippen LogP contribution in [0, 0.1) is 0 Å². The maximum Gasteiger partial charge on any atom is 0.224 e. The molecule has 98 valence electrons. The van der Waals surface area contributed by atoms with Gasteiger partial charge in [0.05, 0.1) is 0 Å². The average Bonchev–Trinajstić information content (AvgIpc) is 2.77. The van der Waals surface area contributed by atoms with Gasteiger partial charge in [-0.25, -0.2) is 0 Å². The summed E-state index contributed by atoms with van der Waals surface area (Å²) >= 11 is 0. The van der Waals surface area contributed by atoms with Gasteiger partial charge in [-0.2, -0.15) is 0 Å². The second kappa shape index (κ2) is 6.01. The molecule has 1 aromatic carbocycles. The molecule has 1 saturated heterocycles. The summed E-state index contributed by atoms with van der Waals surface area (Å²) in [5.74, 6) is 0.212. The van der Waals surface area contributed by atoms with Crippen molar-refractivity contribution in [2.24, 2.45) is 5.73 Å². The van der Waals surface area contributed by atoms with Crippen LogP contribution in [0.5, 0.6) is 0 Å². The fraction of sp³-hybridized carbons (Fsp3) is 0.533. The van der Waals surface area contributed by atoms with E-state index < -0.39 is 0 Å². The summed E-state index contributed by atoms with van der Waals surface area (Å²) in [7, 11) is 0. The van der Waals surface area contributed by atoms with E-state index in [1.54, 1.807) is 0 Å². The molecular formula is C15H22N2O. The molecule has 0 saturated carbocycles. The minimum absolute atomic E-state index is 0.0459. The SMILES string of the molecule is CC(N)CC(=O)N1CCCC1Cc1ccccc1. The maximum atomic E-state index is 12.1. The monoisotopic (exact) mass is 246 g/mol. The van der Waals surface area contributed by atoms with Crippen molar-refractivity contribution in [2.75, 3.05) is 6.54 Å². The molecule has 2 unspecified atom stereocenters. The second-order valence-electron chi connectivity index (χ2n) is 5.25. The normalized spacial score (nSPS) is 21.0. The predicted octanol–water partition coefficient (Wildman–Crippen LogP) is 1.96. The van der Waals surface area contributed by atoms with Crippen molar-refractivity contribution in [3.05, 3.63) is 35.9 Å². The summed E-state index contributed by atoms with van der Waals surface area (Å²) in [6.07, 6.45) is 3.65. The standard InChI is InChI=1S/C15H22N2O/c1-12(16)10-15(18)17-9-5-8-14(17)11-13-6-3-2-4-7-13/h2-4,6-7,12,14H,5,8-11,16H2,1H3. The Bertz CT molecular complexity index is 389. The number of hydrogen-bond acceptors (Lipinski definition) is 2. The van der Waals surface area contributed by atoms with E-state index in [-0.39, 0.29) is 11.9 Å². The van der Waals surface area contributed by atoms with Crippen LogP contribution in [0.3, 0.4) is 0 Å². The Morgan fingerprint density at radius 1 is 1.44 bits per heavy atom. The number of benzene rings is 1. The number of likely N-dealkylation sites (tertiary alicyclic amines) is 1. The van der Waals surface area contributed by atoms with Gasteiger partial charge in [-0.3, -0.25) is 4.79 Å². The molecular weight excluding hydrogens is 224 g/mol. The third-order valence-electron chi connectivity index (χ3n) is 3.51. The third-order valence-corrected chi connectivity index (χ3v) is 3.51. The highest BCUT2D eigenvalue weighted by Crippen LogP contribution is 2.22. The zero-order valence-corrected chi connectivity index (χ0v) is 11.0. The zero-order chi connectivity index (χ0) is 13.0. The quantitative estimate of drug-likeness (QED) is 0.882. The second-order valence-corrected chi connectivity index (χ2v) is 5.25. The lowest BCUT2D eigenvalue weighted by atomic mass is 10.0. The summed E-state index contributed by atoms with van der Waals surface area (Å²) in [5, 5.41) is 0. The van der Waals surface area contributed by atoms with E-state index in [4.69, 9.17) is 5.73 Å². The van der Waals surface area contributed by atoms with E-state index in [0.717, 1.165) is 25.8 Å². The molecule has 2 atom stereocenters. The van der Waals surface area contributed by atoms with Crippen LogP contribution in [0.1, 0.15) is 31.7 Å². The molecule has 1 aliphatic rings. The number of hydrogen-bond donors (Lipinski definition) is 1. The van der Waals surface area contributed by atoms with E-state index in [1.165, 1.54) is 5.56 Å². The highest BCUT2D eigenvalue weighted by molar-refractivity contribution is 5.77. The van der Waals surface area contributed by atoms with Crippen LogP contribution < -0.4 is 5.73 Å². The van der Waals surface area contributed by atoms with E-state index in [9.17, 15) is 4.79 Å². The summed E-state index contributed by atoms with van der Waals surface area (Å²) in [5.41, 5.74) is 7.02. The lowest BCUT2D eigenvalue weighted by Crippen LogP contribution is -2.39. The molecule has 1 aromatic rings. The van der Waals surface area contributed by atoms with Crippen LogP contribution in [-0.4, -0.2) is 29.4 Å².